The minimum Gasteiger partial charge on any atom is -0.484 e. The fourth-order valence-electron chi connectivity index (χ4n) is 6.39. The van der Waals surface area contributed by atoms with Crippen LogP contribution in [0, 0.1) is 6.92 Å². The number of halogens is 3. The number of amides is 1. The largest absolute Gasteiger partial charge is 0.484 e. The number of nitrogens with one attached hydrogen (secondary N) is 1. The van der Waals surface area contributed by atoms with Gasteiger partial charge in [-0.1, -0.05) is 11.3 Å². The van der Waals surface area contributed by atoms with Gasteiger partial charge in [0.1, 0.15) is 22.7 Å². The Morgan fingerprint density at radius 2 is 2.02 bits per heavy atom. The standard InChI is InChI=1S/C33H32F3N7O4S/c1-4-46-27(44)13-22(23-14-37-30-28(18(23)2)40-41-42(30)3)20-11-19-7-10-48-29(19)21(12-20)15-43-16-24-25(47-32(17-43)8-9-32)5-6-26(38-24)39-31(45)33(34,35)36/h5-7,10-12,14,22H,4,8-9,13,15-17H2,1-3H3,(H,38,39,45). The third kappa shape index (κ3) is 6.19. The second-order valence-corrected chi connectivity index (χ2v) is 13.2. The molecule has 1 aliphatic carbocycles. The lowest BCUT2D eigenvalue weighted by Crippen LogP contribution is -2.34. The molecule has 0 bridgehead atoms. The molecule has 1 N–H and O–H groups in total. The molecule has 7 rings (SSSR count). The summed E-state index contributed by atoms with van der Waals surface area (Å²) in [4.78, 5) is 35.8. The van der Waals surface area contributed by atoms with Gasteiger partial charge < -0.3 is 14.8 Å². The maximum atomic E-state index is 13.0. The number of anilines is 1. The molecule has 1 aliphatic heterocycles. The summed E-state index contributed by atoms with van der Waals surface area (Å²) in [6.07, 6.45) is -1.48. The Bertz CT molecular complexity index is 2060. The molecule has 1 spiro atoms. The fourth-order valence-corrected chi connectivity index (χ4v) is 7.28. The molecule has 5 heterocycles. The van der Waals surface area contributed by atoms with E-state index in [4.69, 9.17) is 9.47 Å². The Kier molecular flexibility index (Phi) is 8.06. The Morgan fingerprint density at radius 3 is 2.77 bits per heavy atom. The van der Waals surface area contributed by atoms with E-state index in [-0.39, 0.29) is 30.7 Å². The molecule has 15 heteroatoms. The smallest absolute Gasteiger partial charge is 0.471 e. The number of fused-ring (bicyclic) bond motifs is 3. The van der Waals surface area contributed by atoms with E-state index < -0.39 is 17.7 Å². The van der Waals surface area contributed by atoms with Crippen LogP contribution in [0.1, 0.15) is 60.1 Å². The van der Waals surface area contributed by atoms with E-state index in [1.165, 1.54) is 6.07 Å². The van der Waals surface area contributed by atoms with Crippen LogP contribution in [-0.4, -0.2) is 66.7 Å². The maximum absolute atomic E-state index is 13.0. The van der Waals surface area contributed by atoms with Gasteiger partial charge in [0.05, 0.1) is 18.7 Å². The van der Waals surface area contributed by atoms with Gasteiger partial charge in [0.25, 0.3) is 0 Å². The number of hydrogen-bond acceptors (Lipinski definition) is 10. The SMILES string of the molecule is CCOC(=O)CC(c1cc(CN2Cc3nc(NC(=O)C(F)(F)F)ccc3OC3(CC3)C2)c2sccc2c1)c1cnc2c(nnn2C)c1C. The van der Waals surface area contributed by atoms with Crippen molar-refractivity contribution in [1.29, 1.82) is 0 Å². The van der Waals surface area contributed by atoms with Crippen LogP contribution in [0.3, 0.4) is 0 Å². The zero-order valence-corrected chi connectivity index (χ0v) is 27.2. The fraction of sp³-hybridized carbons (Fsp3) is 0.394. The van der Waals surface area contributed by atoms with Crippen molar-refractivity contribution in [1.82, 2.24) is 29.9 Å². The highest BCUT2D eigenvalue weighted by Gasteiger charge is 2.49. The van der Waals surface area contributed by atoms with Gasteiger partial charge in [0.15, 0.2) is 5.65 Å². The van der Waals surface area contributed by atoms with Crippen LogP contribution in [0.2, 0.25) is 0 Å². The molecule has 1 aromatic carbocycles. The summed E-state index contributed by atoms with van der Waals surface area (Å²) in [7, 11) is 1.78. The van der Waals surface area contributed by atoms with E-state index in [0.717, 1.165) is 45.2 Å². The van der Waals surface area contributed by atoms with Crippen LogP contribution in [0.25, 0.3) is 21.3 Å². The minimum atomic E-state index is -5.04. The predicted octanol–water partition coefficient (Wildman–Crippen LogP) is 5.79. The molecule has 250 valence electrons. The number of aromatic nitrogens is 5. The number of aryl methyl sites for hydroxylation is 2. The van der Waals surface area contributed by atoms with Crippen molar-refractivity contribution in [2.45, 2.75) is 63.9 Å². The molecule has 5 aromatic rings. The number of pyridine rings is 2. The number of carbonyl (C=O) groups excluding carboxylic acids is 2. The number of carbonyl (C=O) groups is 2. The Hall–Kier alpha value is -4.63. The van der Waals surface area contributed by atoms with Crippen LogP contribution >= 0.6 is 11.3 Å². The van der Waals surface area contributed by atoms with E-state index in [1.807, 2.05) is 23.7 Å². The van der Waals surface area contributed by atoms with Crippen LogP contribution in [0.15, 0.2) is 41.9 Å². The van der Waals surface area contributed by atoms with Crippen LogP contribution in [0.5, 0.6) is 5.75 Å². The first-order valence-electron chi connectivity index (χ1n) is 15.5. The number of alkyl halides is 3. The van der Waals surface area contributed by atoms with E-state index in [1.54, 1.807) is 42.3 Å². The first-order valence-corrected chi connectivity index (χ1v) is 16.4. The van der Waals surface area contributed by atoms with Gasteiger partial charge >= 0.3 is 18.1 Å². The van der Waals surface area contributed by atoms with Gasteiger partial charge in [-0.2, -0.15) is 13.2 Å². The third-order valence-electron chi connectivity index (χ3n) is 8.86. The number of esters is 1. The van der Waals surface area contributed by atoms with E-state index >= 15 is 0 Å². The van der Waals surface area contributed by atoms with Gasteiger partial charge in [-0.15, -0.1) is 16.4 Å². The lowest BCUT2D eigenvalue weighted by Gasteiger charge is -2.25. The summed E-state index contributed by atoms with van der Waals surface area (Å²) < 4.78 is 53.3. The van der Waals surface area contributed by atoms with Gasteiger partial charge in [-0.3, -0.25) is 14.5 Å². The van der Waals surface area contributed by atoms with Crippen molar-refractivity contribution in [2.24, 2.45) is 7.05 Å². The molecule has 1 unspecified atom stereocenters. The number of hydrogen-bond donors (Lipinski definition) is 1. The number of ether oxygens (including phenoxy) is 2. The third-order valence-corrected chi connectivity index (χ3v) is 9.87. The molecule has 48 heavy (non-hydrogen) atoms. The van der Waals surface area contributed by atoms with Gasteiger partial charge in [-0.05, 0) is 84.0 Å². The molecular formula is C33H32F3N7O4S. The van der Waals surface area contributed by atoms with Gasteiger partial charge in [-0.25, -0.2) is 14.6 Å². The highest BCUT2D eigenvalue weighted by Crippen LogP contribution is 2.45. The van der Waals surface area contributed by atoms with Crippen molar-refractivity contribution in [3.05, 3.63) is 69.9 Å². The number of thiophene rings is 1. The number of benzene rings is 1. The maximum Gasteiger partial charge on any atom is 0.471 e. The van der Waals surface area contributed by atoms with E-state index in [2.05, 4.69) is 37.3 Å². The molecule has 1 amide bonds. The molecule has 1 atom stereocenters. The average Bonchev–Trinajstić information content (AvgIpc) is 3.46. The Labute approximate surface area is 277 Å². The summed E-state index contributed by atoms with van der Waals surface area (Å²) in [5, 5.41) is 13.3. The van der Waals surface area contributed by atoms with Crippen molar-refractivity contribution >= 4 is 50.3 Å². The van der Waals surface area contributed by atoms with Crippen LogP contribution in [-0.2, 0) is 34.5 Å². The van der Waals surface area contributed by atoms with E-state index in [9.17, 15) is 22.8 Å². The first kappa shape index (κ1) is 31.9. The topological polar surface area (TPSA) is 124 Å². The molecule has 0 radical (unpaired) electrons. The predicted molar refractivity (Wildman–Crippen MR) is 172 cm³/mol. The average molecular weight is 680 g/mol. The summed E-state index contributed by atoms with van der Waals surface area (Å²) in [5.41, 5.74) is 5.00. The minimum absolute atomic E-state index is 0.0988. The van der Waals surface area contributed by atoms with Gasteiger partial charge in [0.2, 0.25) is 0 Å². The number of rotatable bonds is 8. The van der Waals surface area contributed by atoms with Crippen LogP contribution in [0.4, 0.5) is 19.0 Å². The molecule has 11 nitrogen and oxygen atoms in total. The van der Waals surface area contributed by atoms with Crippen LogP contribution < -0.4 is 10.1 Å². The van der Waals surface area contributed by atoms with Crippen molar-refractivity contribution in [3.8, 4) is 5.75 Å². The first-order chi connectivity index (χ1) is 22.9. The van der Waals surface area contributed by atoms with Crippen molar-refractivity contribution < 1.29 is 32.2 Å². The molecular weight excluding hydrogens is 647 g/mol. The highest BCUT2D eigenvalue weighted by atomic mass is 32.1. The highest BCUT2D eigenvalue weighted by molar-refractivity contribution is 7.17. The van der Waals surface area contributed by atoms with E-state index in [0.29, 0.717) is 42.2 Å². The summed E-state index contributed by atoms with van der Waals surface area (Å²) >= 11 is 1.61. The Balaban J connectivity index is 1.25. The summed E-state index contributed by atoms with van der Waals surface area (Å²) in [5.74, 6) is -2.50. The zero-order chi connectivity index (χ0) is 33.8. The molecule has 1 saturated carbocycles. The van der Waals surface area contributed by atoms with Crippen molar-refractivity contribution in [3.63, 3.8) is 0 Å². The molecule has 0 saturated heterocycles. The normalized spacial score (nSPS) is 16.4. The molecule has 1 fully saturated rings. The summed E-state index contributed by atoms with van der Waals surface area (Å²) in [6, 6.07) is 9.15. The second-order valence-electron chi connectivity index (χ2n) is 12.3. The zero-order valence-electron chi connectivity index (χ0n) is 26.4. The Morgan fingerprint density at radius 1 is 1.21 bits per heavy atom. The van der Waals surface area contributed by atoms with Gasteiger partial charge in [0, 0.05) is 43.5 Å². The molecule has 2 aliphatic rings. The summed E-state index contributed by atoms with van der Waals surface area (Å²) in [6.45, 7) is 5.36. The quantitative estimate of drug-likeness (QED) is 0.203. The number of nitrogens with zero attached hydrogens (tertiary/aromatic N) is 6. The lowest BCUT2D eigenvalue weighted by atomic mass is 9.85. The lowest BCUT2D eigenvalue weighted by molar-refractivity contribution is -0.167. The monoisotopic (exact) mass is 679 g/mol. The second kappa shape index (κ2) is 12.1. The van der Waals surface area contributed by atoms with Crippen molar-refractivity contribution in [2.75, 3.05) is 18.5 Å². The molecule has 4 aromatic heterocycles.